The van der Waals surface area contributed by atoms with Gasteiger partial charge in [0.1, 0.15) is 5.82 Å². The van der Waals surface area contributed by atoms with Crippen molar-refractivity contribution in [2.45, 2.75) is 33.4 Å². The van der Waals surface area contributed by atoms with Crippen LogP contribution in [-0.2, 0) is 13.6 Å². The summed E-state index contributed by atoms with van der Waals surface area (Å²) < 4.78 is 3.86. The fourth-order valence-corrected chi connectivity index (χ4v) is 1.77. The Hall–Kier alpha value is -1.78. The standard InChI is InChI=1S/C12H19N5/c1-9(2)17-12(5-6-14-17)13-7-11-8-15-16(4)10(11)3/h5-6,8-9,13H,7H2,1-4H3. The number of hydrogen-bond acceptors (Lipinski definition) is 3. The zero-order chi connectivity index (χ0) is 12.4. The molecule has 5 nitrogen and oxygen atoms in total. The van der Waals surface area contributed by atoms with Crippen LogP contribution in [0.15, 0.2) is 18.5 Å². The summed E-state index contributed by atoms with van der Waals surface area (Å²) in [4.78, 5) is 0. The molecule has 0 aliphatic carbocycles. The van der Waals surface area contributed by atoms with Crippen molar-refractivity contribution >= 4 is 5.82 Å². The van der Waals surface area contributed by atoms with Crippen molar-refractivity contribution in [2.24, 2.45) is 7.05 Å². The number of aryl methyl sites for hydroxylation is 1. The minimum atomic E-state index is 0.363. The summed E-state index contributed by atoms with van der Waals surface area (Å²) in [5, 5.41) is 11.9. The first-order valence-electron chi connectivity index (χ1n) is 5.84. The zero-order valence-electron chi connectivity index (χ0n) is 10.8. The number of aromatic nitrogens is 4. The second-order valence-corrected chi connectivity index (χ2v) is 4.49. The van der Waals surface area contributed by atoms with E-state index in [0.717, 1.165) is 12.4 Å². The summed E-state index contributed by atoms with van der Waals surface area (Å²) in [7, 11) is 1.96. The highest BCUT2D eigenvalue weighted by molar-refractivity contribution is 5.36. The van der Waals surface area contributed by atoms with Gasteiger partial charge >= 0.3 is 0 Å². The Kier molecular flexibility index (Phi) is 3.17. The summed E-state index contributed by atoms with van der Waals surface area (Å²) in [6, 6.07) is 2.36. The number of nitrogens with one attached hydrogen (secondary N) is 1. The lowest BCUT2D eigenvalue weighted by molar-refractivity contribution is 0.537. The van der Waals surface area contributed by atoms with Gasteiger partial charge in [-0.2, -0.15) is 10.2 Å². The van der Waals surface area contributed by atoms with Gasteiger partial charge in [0.2, 0.25) is 0 Å². The third kappa shape index (κ3) is 2.33. The largest absolute Gasteiger partial charge is 0.366 e. The van der Waals surface area contributed by atoms with Crippen molar-refractivity contribution in [1.29, 1.82) is 0 Å². The van der Waals surface area contributed by atoms with Gasteiger partial charge in [0.15, 0.2) is 0 Å². The number of anilines is 1. The number of hydrogen-bond donors (Lipinski definition) is 1. The van der Waals surface area contributed by atoms with E-state index in [1.54, 1.807) is 0 Å². The van der Waals surface area contributed by atoms with E-state index in [1.807, 2.05) is 34.9 Å². The summed E-state index contributed by atoms with van der Waals surface area (Å²) in [5.74, 6) is 1.04. The molecule has 0 amide bonds. The van der Waals surface area contributed by atoms with E-state index in [2.05, 4.69) is 36.3 Å². The lowest BCUT2D eigenvalue weighted by atomic mass is 10.2. The molecule has 17 heavy (non-hydrogen) atoms. The predicted molar refractivity (Wildman–Crippen MR) is 67.9 cm³/mol. The van der Waals surface area contributed by atoms with E-state index in [4.69, 9.17) is 0 Å². The van der Waals surface area contributed by atoms with Crippen molar-refractivity contribution in [3.63, 3.8) is 0 Å². The normalized spacial score (nSPS) is 11.1. The Bertz CT molecular complexity index is 495. The second kappa shape index (κ2) is 4.61. The molecule has 2 rings (SSSR count). The molecular formula is C12H19N5. The molecule has 0 aliphatic rings. The van der Waals surface area contributed by atoms with E-state index in [-0.39, 0.29) is 0 Å². The van der Waals surface area contributed by atoms with Gasteiger partial charge in [-0.1, -0.05) is 0 Å². The summed E-state index contributed by atoms with van der Waals surface area (Å²) >= 11 is 0. The lowest BCUT2D eigenvalue weighted by Gasteiger charge is -2.12. The van der Waals surface area contributed by atoms with Gasteiger partial charge in [0, 0.05) is 37.0 Å². The maximum atomic E-state index is 4.29. The molecule has 92 valence electrons. The van der Waals surface area contributed by atoms with E-state index in [9.17, 15) is 0 Å². The third-order valence-electron chi connectivity index (χ3n) is 2.96. The molecule has 0 unspecified atom stereocenters. The topological polar surface area (TPSA) is 47.7 Å². The Balaban J connectivity index is 2.07. The molecule has 0 radical (unpaired) electrons. The first kappa shape index (κ1) is 11.7. The van der Waals surface area contributed by atoms with Crippen LogP contribution in [0.1, 0.15) is 31.1 Å². The molecule has 0 saturated carbocycles. The van der Waals surface area contributed by atoms with Crippen LogP contribution < -0.4 is 5.32 Å². The van der Waals surface area contributed by atoms with Gasteiger partial charge in [-0.15, -0.1) is 0 Å². The van der Waals surface area contributed by atoms with Crippen LogP contribution >= 0.6 is 0 Å². The maximum Gasteiger partial charge on any atom is 0.124 e. The van der Waals surface area contributed by atoms with Crippen molar-refractivity contribution in [1.82, 2.24) is 19.6 Å². The van der Waals surface area contributed by atoms with Crippen molar-refractivity contribution in [3.05, 3.63) is 29.7 Å². The second-order valence-electron chi connectivity index (χ2n) is 4.49. The van der Waals surface area contributed by atoms with E-state index >= 15 is 0 Å². The molecule has 0 aliphatic heterocycles. The molecule has 0 aromatic carbocycles. The molecule has 0 fully saturated rings. The quantitative estimate of drug-likeness (QED) is 0.880. The molecule has 0 saturated heterocycles. The molecule has 0 spiro atoms. The Morgan fingerprint density at radius 3 is 2.71 bits per heavy atom. The molecule has 2 heterocycles. The minimum absolute atomic E-state index is 0.363. The molecule has 2 aromatic heterocycles. The first-order chi connectivity index (χ1) is 8.09. The minimum Gasteiger partial charge on any atom is -0.366 e. The van der Waals surface area contributed by atoms with Crippen LogP contribution in [0, 0.1) is 6.92 Å². The van der Waals surface area contributed by atoms with Gasteiger partial charge in [0.25, 0.3) is 0 Å². The molecule has 2 aromatic rings. The van der Waals surface area contributed by atoms with E-state index in [0.29, 0.717) is 6.04 Å². The average Bonchev–Trinajstić information content (AvgIpc) is 2.86. The molecule has 0 bridgehead atoms. The van der Waals surface area contributed by atoms with Gasteiger partial charge in [0.05, 0.1) is 12.4 Å². The van der Waals surface area contributed by atoms with Crippen molar-refractivity contribution in [3.8, 4) is 0 Å². The fourth-order valence-electron chi connectivity index (χ4n) is 1.77. The van der Waals surface area contributed by atoms with Gasteiger partial charge < -0.3 is 5.32 Å². The summed E-state index contributed by atoms with van der Waals surface area (Å²) in [5.41, 5.74) is 2.40. The SMILES string of the molecule is Cc1c(CNc2ccnn2C(C)C)cnn1C. The Labute approximate surface area is 101 Å². The van der Waals surface area contributed by atoms with Gasteiger partial charge in [-0.25, -0.2) is 4.68 Å². The highest BCUT2D eigenvalue weighted by Gasteiger charge is 2.07. The van der Waals surface area contributed by atoms with Crippen LogP contribution in [0.25, 0.3) is 0 Å². The Morgan fingerprint density at radius 2 is 2.12 bits per heavy atom. The van der Waals surface area contributed by atoms with Crippen LogP contribution in [0.4, 0.5) is 5.82 Å². The van der Waals surface area contributed by atoms with E-state index in [1.165, 1.54) is 11.3 Å². The molecule has 5 heteroatoms. The zero-order valence-corrected chi connectivity index (χ0v) is 10.8. The summed E-state index contributed by atoms with van der Waals surface area (Å²) in [6.45, 7) is 7.09. The molecule has 0 atom stereocenters. The summed E-state index contributed by atoms with van der Waals surface area (Å²) in [6.07, 6.45) is 3.72. The third-order valence-corrected chi connectivity index (χ3v) is 2.96. The highest BCUT2D eigenvalue weighted by atomic mass is 15.3. The monoisotopic (exact) mass is 233 g/mol. The fraction of sp³-hybridized carbons (Fsp3) is 0.500. The van der Waals surface area contributed by atoms with Gasteiger partial charge in [-0.05, 0) is 20.8 Å². The number of rotatable bonds is 4. The van der Waals surface area contributed by atoms with Crippen molar-refractivity contribution in [2.75, 3.05) is 5.32 Å². The molecule has 1 N–H and O–H groups in total. The Morgan fingerprint density at radius 1 is 1.35 bits per heavy atom. The van der Waals surface area contributed by atoms with Gasteiger partial charge in [-0.3, -0.25) is 4.68 Å². The van der Waals surface area contributed by atoms with Crippen LogP contribution in [0.5, 0.6) is 0 Å². The van der Waals surface area contributed by atoms with Crippen LogP contribution in [0.2, 0.25) is 0 Å². The first-order valence-corrected chi connectivity index (χ1v) is 5.84. The lowest BCUT2D eigenvalue weighted by Crippen LogP contribution is -2.10. The maximum absolute atomic E-state index is 4.29. The van der Waals surface area contributed by atoms with Crippen LogP contribution in [-0.4, -0.2) is 19.6 Å². The van der Waals surface area contributed by atoms with Crippen LogP contribution in [0.3, 0.4) is 0 Å². The van der Waals surface area contributed by atoms with Crippen molar-refractivity contribution < 1.29 is 0 Å². The smallest absolute Gasteiger partial charge is 0.124 e. The average molecular weight is 233 g/mol. The highest BCUT2D eigenvalue weighted by Crippen LogP contribution is 2.15. The predicted octanol–water partition coefficient (Wildman–Crippen LogP) is 2.12. The number of nitrogens with zero attached hydrogens (tertiary/aromatic N) is 4. The molecular weight excluding hydrogens is 214 g/mol. The van der Waals surface area contributed by atoms with E-state index < -0.39 is 0 Å².